The van der Waals surface area contributed by atoms with Crippen LogP contribution in [-0.4, -0.2) is 33.7 Å². The Morgan fingerprint density at radius 2 is 2.22 bits per heavy atom. The van der Waals surface area contributed by atoms with Crippen molar-refractivity contribution in [3.63, 3.8) is 0 Å². The molecule has 0 aromatic carbocycles. The Morgan fingerprint density at radius 1 is 1.50 bits per heavy atom. The van der Waals surface area contributed by atoms with E-state index in [1.807, 2.05) is 13.0 Å². The lowest BCUT2D eigenvalue weighted by molar-refractivity contribution is 0.106. The molecule has 1 aliphatic carbocycles. The van der Waals surface area contributed by atoms with E-state index in [0.29, 0.717) is 6.61 Å². The normalized spacial score (nSPS) is 34.1. The van der Waals surface area contributed by atoms with Crippen LogP contribution in [0.3, 0.4) is 0 Å². The summed E-state index contributed by atoms with van der Waals surface area (Å²) in [5.41, 5.74) is 2.77. The fourth-order valence-corrected chi connectivity index (χ4v) is 3.03. The van der Waals surface area contributed by atoms with Gasteiger partial charge in [-0.15, -0.1) is 0 Å². The number of hydrogen-bond acceptors (Lipinski definition) is 5. The predicted octanol–water partition coefficient (Wildman–Crippen LogP) is 1.11. The highest BCUT2D eigenvalue weighted by Crippen LogP contribution is 2.45. The molecule has 0 saturated carbocycles. The largest absolute Gasteiger partial charge is 0.500 e. The number of allylic oxidation sites excluding steroid dienone is 1. The minimum Gasteiger partial charge on any atom is -0.500 e. The molecule has 0 radical (unpaired) electrons. The molecule has 18 heavy (non-hydrogen) atoms. The van der Waals surface area contributed by atoms with Gasteiger partial charge in [-0.3, -0.25) is 0 Å². The Morgan fingerprint density at radius 3 is 2.83 bits per heavy atom. The number of hydrogen-bond donors (Lipinski definition) is 0. The summed E-state index contributed by atoms with van der Waals surface area (Å²) in [4.78, 5) is 0. The second-order valence-electron chi connectivity index (χ2n) is 4.79. The highest BCUT2D eigenvalue weighted by atomic mass is 32.2. The first-order valence-electron chi connectivity index (χ1n) is 5.67. The van der Waals surface area contributed by atoms with Gasteiger partial charge in [-0.1, -0.05) is 6.08 Å². The van der Waals surface area contributed by atoms with Crippen LogP contribution in [0.1, 0.15) is 6.92 Å². The summed E-state index contributed by atoms with van der Waals surface area (Å²) in [5, 5.41) is 0. The number of ether oxygens (including phenoxy) is 2. The number of rotatable bonds is 3. The Balaban J connectivity index is 1.95. The molecule has 0 aromatic rings. The Kier molecular flexibility index (Phi) is 2.45. The van der Waals surface area contributed by atoms with Gasteiger partial charge in [0.05, 0.1) is 19.1 Å². The molecule has 0 aromatic heterocycles. The van der Waals surface area contributed by atoms with Crippen LogP contribution in [0.4, 0.5) is 0 Å². The third-order valence-corrected chi connectivity index (χ3v) is 3.79. The molecule has 0 amide bonds. The van der Waals surface area contributed by atoms with Crippen molar-refractivity contribution >= 4 is 10.1 Å². The van der Waals surface area contributed by atoms with Gasteiger partial charge in [0.25, 0.3) is 10.1 Å². The molecule has 0 bridgehead atoms. The van der Waals surface area contributed by atoms with Crippen LogP contribution in [0.5, 0.6) is 0 Å². The molecule has 3 rings (SSSR count). The first-order chi connectivity index (χ1) is 8.40. The van der Waals surface area contributed by atoms with E-state index in [2.05, 4.69) is 6.08 Å². The molecule has 6 heteroatoms. The Labute approximate surface area is 106 Å². The lowest BCUT2D eigenvalue weighted by Gasteiger charge is -2.22. The van der Waals surface area contributed by atoms with Gasteiger partial charge in [0.15, 0.2) is 0 Å². The maximum Gasteiger partial charge on any atom is 0.267 e. The van der Waals surface area contributed by atoms with Gasteiger partial charge in [-0.2, -0.15) is 8.42 Å². The second kappa shape index (κ2) is 3.69. The maximum atomic E-state index is 11.3. The second-order valence-corrected chi connectivity index (χ2v) is 6.37. The van der Waals surface area contributed by atoms with Crippen molar-refractivity contribution in [2.24, 2.45) is 5.92 Å². The first kappa shape index (κ1) is 12.0. The summed E-state index contributed by atoms with van der Waals surface area (Å²) >= 11 is 0. The molecule has 5 nitrogen and oxygen atoms in total. The van der Waals surface area contributed by atoms with Crippen LogP contribution in [0.2, 0.25) is 0 Å². The number of epoxide rings is 1. The van der Waals surface area contributed by atoms with Gasteiger partial charge in [-0.25, -0.2) is 4.18 Å². The van der Waals surface area contributed by atoms with Gasteiger partial charge in [0.2, 0.25) is 5.79 Å². The molecule has 3 aliphatic rings. The molecule has 2 heterocycles. The molecule has 0 N–H and O–H groups in total. The van der Waals surface area contributed by atoms with E-state index < -0.39 is 15.9 Å². The van der Waals surface area contributed by atoms with Crippen LogP contribution >= 0.6 is 0 Å². The summed E-state index contributed by atoms with van der Waals surface area (Å²) in [6.45, 7) is 2.82. The van der Waals surface area contributed by atoms with E-state index in [-0.39, 0.29) is 12.5 Å². The molecular formula is C12H14O5S. The van der Waals surface area contributed by atoms with Crippen LogP contribution in [0, 0.1) is 5.92 Å². The lowest BCUT2D eigenvalue weighted by atomic mass is 9.87. The SMILES string of the molecule is CC1=CC2COC=C2C=C1C1(OS(C)(=O)=O)CO1. The summed E-state index contributed by atoms with van der Waals surface area (Å²) < 4.78 is 38.1. The zero-order valence-corrected chi connectivity index (χ0v) is 11.0. The smallest absolute Gasteiger partial charge is 0.267 e. The van der Waals surface area contributed by atoms with Crippen LogP contribution in [0.25, 0.3) is 0 Å². The van der Waals surface area contributed by atoms with Gasteiger partial charge in [0.1, 0.15) is 6.61 Å². The van der Waals surface area contributed by atoms with Crippen molar-refractivity contribution in [3.8, 4) is 0 Å². The van der Waals surface area contributed by atoms with Crippen molar-refractivity contribution < 1.29 is 22.1 Å². The van der Waals surface area contributed by atoms with E-state index in [9.17, 15) is 8.42 Å². The molecule has 2 unspecified atom stereocenters. The third kappa shape index (κ3) is 2.00. The fourth-order valence-electron chi connectivity index (χ4n) is 2.36. The molecule has 1 fully saturated rings. The van der Waals surface area contributed by atoms with Crippen LogP contribution in [-0.2, 0) is 23.8 Å². The average Bonchev–Trinajstić information content (AvgIpc) is 2.86. The monoisotopic (exact) mass is 270 g/mol. The van der Waals surface area contributed by atoms with Crippen molar-refractivity contribution in [1.29, 1.82) is 0 Å². The van der Waals surface area contributed by atoms with Crippen LogP contribution in [0.15, 0.2) is 35.1 Å². The van der Waals surface area contributed by atoms with Crippen molar-refractivity contribution in [2.75, 3.05) is 19.5 Å². The van der Waals surface area contributed by atoms with Gasteiger partial charge < -0.3 is 9.47 Å². The minimum atomic E-state index is -3.56. The minimum absolute atomic E-state index is 0.253. The molecule has 2 aliphatic heterocycles. The topological polar surface area (TPSA) is 65.1 Å². The molecular weight excluding hydrogens is 256 g/mol. The van der Waals surface area contributed by atoms with Crippen molar-refractivity contribution in [2.45, 2.75) is 12.7 Å². The Hall–Kier alpha value is -1.11. The van der Waals surface area contributed by atoms with E-state index in [1.165, 1.54) is 0 Å². The van der Waals surface area contributed by atoms with E-state index >= 15 is 0 Å². The third-order valence-electron chi connectivity index (χ3n) is 3.21. The van der Waals surface area contributed by atoms with E-state index in [4.69, 9.17) is 13.7 Å². The highest BCUT2D eigenvalue weighted by Gasteiger charge is 2.54. The highest BCUT2D eigenvalue weighted by molar-refractivity contribution is 7.86. The fraction of sp³-hybridized carbons (Fsp3) is 0.500. The molecule has 2 atom stereocenters. The van der Waals surface area contributed by atoms with E-state index in [1.54, 1.807) is 6.26 Å². The van der Waals surface area contributed by atoms with Crippen LogP contribution < -0.4 is 0 Å². The predicted molar refractivity (Wildman–Crippen MR) is 64.0 cm³/mol. The standard InChI is InChI=1S/C12H14O5S/c1-8-3-9-5-15-6-10(9)4-11(8)12(7-16-12)17-18(2,13)14/h3-4,6,9H,5,7H2,1-2H3. The zero-order chi connectivity index (χ0) is 13.0. The first-order valence-corrected chi connectivity index (χ1v) is 7.48. The lowest BCUT2D eigenvalue weighted by Crippen LogP contribution is -2.26. The van der Waals surface area contributed by atoms with Crippen molar-refractivity contribution in [1.82, 2.24) is 0 Å². The van der Waals surface area contributed by atoms with Gasteiger partial charge in [-0.05, 0) is 24.1 Å². The summed E-state index contributed by atoms with van der Waals surface area (Å²) in [5.74, 6) is -0.870. The average molecular weight is 270 g/mol. The molecule has 0 spiro atoms. The number of fused-ring (bicyclic) bond motifs is 1. The maximum absolute atomic E-state index is 11.3. The quantitative estimate of drug-likeness (QED) is 0.567. The summed E-state index contributed by atoms with van der Waals surface area (Å²) in [6, 6.07) is 0. The van der Waals surface area contributed by atoms with E-state index in [0.717, 1.165) is 23.0 Å². The van der Waals surface area contributed by atoms with Gasteiger partial charge in [0, 0.05) is 11.5 Å². The van der Waals surface area contributed by atoms with Crippen molar-refractivity contribution in [3.05, 3.63) is 35.1 Å². The molecule has 1 saturated heterocycles. The summed E-state index contributed by atoms with van der Waals surface area (Å²) in [6.07, 6.45) is 6.69. The zero-order valence-electron chi connectivity index (χ0n) is 10.2. The van der Waals surface area contributed by atoms with Gasteiger partial charge >= 0.3 is 0 Å². The molecule has 98 valence electrons. The summed E-state index contributed by atoms with van der Waals surface area (Å²) in [7, 11) is -3.56. The Bertz CT molecular complexity index is 578.